The molecule has 2 rings (SSSR count). The normalized spacial score (nSPS) is 23.8. The van der Waals surface area contributed by atoms with Gasteiger partial charge >= 0.3 is 5.97 Å². The second kappa shape index (κ2) is 4.55. The number of carboxylic acid groups (broad SMARTS) is 1. The maximum Gasteiger partial charge on any atom is 0.307 e. The Labute approximate surface area is 103 Å². The van der Waals surface area contributed by atoms with Gasteiger partial charge in [-0.1, -0.05) is 11.6 Å². The molecule has 3 N–H and O–H groups in total. The highest BCUT2D eigenvalue weighted by Crippen LogP contribution is 2.43. The van der Waals surface area contributed by atoms with Crippen LogP contribution in [0.3, 0.4) is 0 Å². The van der Waals surface area contributed by atoms with E-state index in [-0.39, 0.29) is 11.2 Å². The number of benzene rings is 1. The maximum absolute atomic E-state index is 10.9. The van der Waals surface area contributed by atoms with Crippen LogP contribution in [0.25, 0.3) is 0 Å². The fourth-order valence-electron chi connectivity index (χ4n) is 1.68. The van der Waals surface area contributed by atoms with Crippen LogP contribution in [0.2, 0.25) is 5.02 Å². The number of nitrogen functional groups attached to an aromatic ring is 1. The molecule has 1 aliphatic rings. The lowest BCUT2D eigenvalue weighted by Gasteiger charge is -2.32. The Balaban J connectivity index is 2.07. The Morgan fingerprint density at radius 1 is 1.50 bits per heavy atom. The molecule has 0 aliphatic heterocycles. The van der Waals surface area contributed by atoms with E-state index in [0.717, 1.165) is 17.7 Å². The molecule has 0 spiro atoms. The summed E-state index contributed by atoms with van der Waals surface area (Å²) in [6, 6.07) is 5.31. The molecule has 2 unspecified atom stereocenters. The van der Waals surface area contributed by atoms with Crippen LogP contribution in [0.1, 0.15) is 12.8 Å². The highest BCUT2D eigenvalue weighted by Gasteiger charge is 2.37. The van der Waals surface area contributed by atoms with Crippen molar-refractivity contribution in [3.63, 3.8) is 0 Å². The molecule has 1 aliphatic carbocycles. The minimum absolute atomic E-state index is 0.140. The average molecular weight is 258 g/mol. The number of carboxylic acids is 1. The highest BCUT2D eigenvalue weighted by atomic mass is 35.5. The SMILES string of the molecule is Nc1cc(Cl)ccc1SC1CCC1C(=O)O. The number of aliphatic carboxylic acids is 1. The fourth-order valence-corrected chi connectivity index (χ4v) is 3.20. The number of carbonyl (C=O) groups is 1. The first kappa shape index (κ1) is 11.6. The summed E-state index contributed by atoms with van der Waals surface area (Å²) in [5.74, 6) is -0.948. The number of hydrogen-bond acceptors (Lipinski definition) is 3. The van der Waals surface area contributed by atoms with Gasteiger partial charge < -0.3 is 10.8 Å². The molecule has 0 heterocycles. The molecule has 1 aromatic rings. The van der Waals surface area contributed by atoms with Gasteiger partial charge in [0, 0.05) is 20.9 Å². The van der Waals surface area contributed by atoms with Gasteiger partial charge in [-0.05, 0) is 31.0 Å². The third-order valence-corrected chi connectivity index (χ3v) is 4.51. The van der Waals surface area contributed by atoms with Crippen LogP contribution in [0.4, 0.5) is 5.69 Å². The Morgan fingerprint density at radius 3 is 2.75 bits per heavy atom. The molecule has 1 saturated carbocycles. The summed E-state index contributed by atoms with van der Waals surface area (Å²) < 4.78 is 0. The molecule has 16 heavy (non-hydrogen) atoms. The lowest BCUT2D eigenvalue weighted by Crippen LogP contribution is -2.35. The van der Waals surface area contributed by atoms with E-state index in [9.17, 15) is 4.79 Å². The van der Waals surface area contributed by atoms with Gasteiger partial charge in [0.05, 0.1) is 5.92 Å². The first-order chi connectivity index (χ1) is 7.58. The van der Waals surface area contributed by atoms with Gasteiger partial charge in [-0.15, -0.1) is 11.8 Å². The van der Waals surface area contributed by atoms with Crippen molar-refractivity contribution in [2.24, 2.45) is 5.92 Å². The molecule has 0 radical (unpaired) electrons. The number of thioether (sulfide) groups is 1. The predicted octanol–water partition coefficient (Wildman–Crippen LogP) is 2.88. The zero-order valence-electron chi connectivity index (χ0n) is 8.52. The lowest BCUT2D eigenvalue weighted by molar-refractivity contribution is -0.144. The summed E-state index contributed by atoms with van der Waals surface area (Å²) in [6.07, 6.45) is 1.70. The summed E-state index contributed by atoms with van der Waals surface area (Å²) in [7, 11) is 0. The molecule has 0 aromatic heterocycles. The zero-order valence-corrected chi connectivity index (χ0v) is 10.1. The molecule has 5 heteroatoms. The summed E-state index contributed by atoms with van der Waals surface area (Å²) in [4.78, 5) is 11.8. The van der Waals surface area contributed by atoms with Crippen molar-refractivity contribution in [3.05, 3.63) is 23.2 Å². The Kier molecular flexibility index (Phi) is 3.30. The standard InChI is InChI=1S/C11H12ClNO2S/c12-6-1-3-10(8(13)5-6)16-9-4-2-7(9)11(14)15/h1,3,5,7,9H,2,4,13H2,(H,14,15). The largest absolute Gasteiger partial charge is 0.481 e. The third-order valence-electron chi connectivity index (χ3n) is 2.78. The molecule has 3 nitrogen and oxygen atoms in total. The van der Waals surface area contributed by atoms with Gasteiger partial charge in [0.2, 0.25) is 0 Å². The second-order valence-electron chi connectivity index (χ2n) is 3.86. The van der Waals surface area contributed by atoms with Crippen molar-refractivity contribution in [1.82, 2.24) is 0 Å². The van der Waals surface area contributed by atoms with Crippen molar-refractivity contribution in [1.29, 1.82) is 0 Å². The average Bonchev–Trinajstić information content (AvgIpc) is 2.13. The van der Waals surface area contributed by atoms with E-state index >= 15 is 0 Å². The topological polar surface area (TPSA) is 63.3 Å². The van der Waals surface area contributed by atoms with Crippen molar-refractivity contribution >= 4 is 35.0 Å². The van der Waals surface area contributed by atoms with E-state index in [1.54, 1.807) is 12.1 Å². The van der Waals surface area contributed by atoms with Crippen LogP contribution >= 0.6 is 23.4 Å². The number of halogens is 1. The maximum atomic E-state index is 10.9. The minimum atomic E-state index is -0.712. The van der Waals surface area contributed by atoms with Crippen LogP contribution in [0.5, 0.6) is 0 Å². The summed E-state index contributed by atoms with van der Waals surface area (Å²) in [5.41, 5.74) is 6.44. The van der Waals surface area contributed by atoms with Crippen molar-refractivity contribution in [2.45, 2.75) is 23.0 Å². The Bertz CT molecular complexity index is 424. The first-order valence-electron chi connectivity index (χ1n) is 5.02. The van der Waals surface area contributed by atoms with Gasteiger partial charge in [-0.25, -0.2) is 0 Å². The van der Waals surface area contributed by atoms with Crippen LogP contribution in [0, 0.1) is 5.92 Å². The van der Waals surface area contributed by atoms with E-state index < -0.39 is 5.97 Å². The number of nitrogens with two attached hydrogens (primary N) is 1. The van der Waals surface area contributed by atoms with E-state index in [1.807, 2.05) is 6.07 Å². The predicted molar refractivity (Wildman–Crippen MR) is 65.9 cm³/mol. The Morgan fingerprint density at radius 2 is 2.25 bits per heavy atom. The van der Waals surface area contributed by atoms with E-state index in [2.05, 4.69) is 0 Å². The lowest BCUT2D eigenvalue weighted by atomic mass is 9.85. The molecule has 1 aromatic carbocycles. The van der Waals surface area contributed by atoms with Gasteiger partial charge in [0.25, 0.3) is 0 Å². The molecule has 1 fully saturated rings. The molecular weight excluding hydrogens is 246 g/mol. The second-order valence-corrected chi connectivity index (χ2v) is 5.58. The summed E-state index contributed by atoms with van der Waals surface area (Å²) in [6.45, 7) is 0. The van der Waals surface area contributed by atoms with Crippen LogP contribution in [-0.4, -0.2) is 16.3 Å². The number of hydrogen-bond donors (Lipinski definition) is 2. The zero-order chi connectivity index (χ0) is 11.7. The van der Waals surface area contributed by atoms with Crippen LogP contribution in [0.15, 0.2) is 23.1 Å². The van der Waals surface area contributed by atoms with Gasteiger partial charge in [0.15, 0.2) is 0 Å². The molecule has 86 valence electrons. The van der Waals surface area contributed by atoms with Gasteiger partial charge in [-0.2, -0.15) is 0 Å². The fraction of sp³-hybridized carbons (Fsp3) is 0.364. The highest BCUT2D eigenvalue weighted by molar-refractivity contribution is 8.00. The van der Waals surface area contributed by atoms with Crippen LogP contribution < -0.4 is 5.73 Å². The summed E-state index contributed by atoms with van der Waals surface area (Å²) >= 11 is 7.33. The van der Waals surface area contributed by atoms with Crippen molar-refractivity contribution in [2.75, 3.05) is 5.73 Å². The van der Waals surface area contributed by atoms with E-state index in [1.165, 1.54) is 11.8 Å². The van der Waals surface area contributed by atoms with Crippen molar-refractivity contribution < 1.29 is 9.90 Å². The summed E-state index contributed by atoms with van der Waals surface area (Å²) in [5, 5.41) is 9.67. The Hall–Kier alpha value is -0.870. The number of rotatable bonds is 3. The first-order valence-corrected chi connectivity index (χ1v) is 6.28. The molecular formula is C11H12ClNO2S. The third kappa shape index (κ3) is 2.28. The number of anilines is 1. The van der Waals surface area contributed by atoms with Crippen LogP contribution in [-0.2, 0) is 4.79 Å². The minimum Gasteiger partial charge on any atom is -0.481 e. The molecule has 0 bridgehead atoms. The van der Waals surface area contributed by atoms with Crippen molar-refractivity contribution in [3.8, 4) is 0 Å². The quantitative estimate of drug-likeness (QED) is 0.818. The molecule has 0 amide bonds. The van der Waals surface area contributed by atoms with Gasteiger partial charge in [-0.3, -0.25) is 4.79 Å². The molecule has 0 saturated heterocycles. The van der Waals surface area contributed by atoms with E-state index in [4.69, 9.17) is 22.4 Å². The van der Waals surface area contributed by atoms with Gasteiger partial charge in [0.1, 0.15) is 0 Å². The van der Waals surface area contributed by atoms with E-state index in [0.29, 0.717) is 10.7 Å². The smallest absolute Gasteiger partial charge is 0.307 e. The monoisotopic (exact) mass is 257 g/mol. The molecule has 2 atom stereocenters.